The molecule has 1 aliphatic rings. The average molecular weight is 391 g/mol. The zero-order valence-electron chi connectivity index (χ0n) is 16.6. The topological polar surface area (TPSA) is 84.3 Å². The van der Waals surface area contributed by atoms with Gasteiger partial charge in [0.1, 0.15) is 0 Å². The van der Waals surface area contributed by atoms with Gasteiger partial charge in [-0.1, -0.05) is 0 Å². The monoisotopic (exact) mass is 390 g/mol. The van der Waals surface area contributed by atoms with Gasteiger partial charge in [0.25, 0.3) is 0 Å². The smallest absolute Gasteiger partial charge is 0.241 e. The van der Waals surface area contributed by atoms with Gasteiger partial charge in [-0.05, 0) is 57.9 Å². The Morgan fingerprint density at radius 3 is 2.56 bits per heavy atom. The van der Waals surface area contributed by atoms with Crippen molar-refractivity contribution in [2.75, 3.05) is 4.90 Å². The Bertz CT molecular complexity index is 1010. The summed E-state index contributed by atoms with van der Waals surface area (Å²) >= 11 is 0. The van der Waals surface area contributed by atoms with Crippen LogP contribution in [0.5, 0.6) is 0 Å². The first kappa shape index (κ1) is 19.6. The number of hydrogen-bond donors (Lipinski definition) is 1. The number of carbonyl (C=O) groups excluding carboxylic acids is 1. The van der Waals surface area contributed by atoms with E-state index in [2.05, 4.69) is 9.82 Å². The summed E-state index contributed by atoms with van der Waals surface area (Å²) in [4.78, 5) is 13.8. The summed E-state index contributed by atoms with van der Waals surface area (Å²) in [5, 5.41) is 4.36. The van der Waals surface area contributed by atoms with Gasteiger partial charge < -0.3 is 4.90 Å². The van der Waals surface area contributed by atoms with Gasteiger partial charge >= 0.3 is 0 Å². The van der Waals surface area contributed by atoms with Crippen molar-refractivity contribution in [1.82, 2.24) is 14.5 Å². The summed E-state index contributed by atoms with van der Waals surface area (Å²) in [7, 11) is -1.86. The first-order chi connectivity index (χ1) is 12.5. The van der Waals surface area contributed by atoms with Crippen LogP contribution in [-0.2, 0) is 28.3 Å². The van der Waals surface area contributed by atoms with E-state index in [1.165, 1.54) is 6.92 Å². The van der Waals surface area contributed by atoms with Gasteiger partial charge in [-0.3, -0.25) is 9.48 Å². The van der Waals surface area contributed by atoms with E-state index >= 15 is 0 Å². The van der Waals surface area contributed by atoms with Crippen LogP contribution in [-0.4, -0.2) is 30.1 Å². The molecule has 1 aromatic heterocycles. The highest BCUT2D eigenvalue weighted by molar-refractivity contribution is 7.89. The molecule has 0 radical (unpaired) electrons. The standard InChI is InChI=1S/C19H26N4O3S/c1-11-9-16-10-17(7-8-18(16)23(11)15(5)24)27(25,26)21-13(3)19-12(2)20-22(6)14(19)4/h7-8,10-11,13,21H,9H2,1-6H3/t11-,13+/m0/s1. The first-order valence-electron chi connectivity index (χ1n) is 8.98. The molecule has 0 bridgehead atoms. The third-order valence-electron chi connectivity index (χ3n) is 5.25. The summed E-state index contributed by atoms with van der Waals surface area (Å²) in [5.41, 5.74) is 4.30. The molecule has 2 aromatic rings. The molecule has 2 heterocycles. The van der Waals surface area contributed by atoms with Crippen LogP contribution >= 0.6 is 0 Å². The van der Waals surface area contributed by atoms with E-state index in [0.29, 0.717) is 6.42 Å². The van der Waals surface area contributed by atoms with Crippen molar-refractivity contribution < 1.29 is 13.2 Å². The molecule has 0 aliphatic carbocycles. The first-order valence-corrected chi connectivity index (χ1v) is 10.5. The molecule has 7 nitrogen and oxygen atoms in total. The Balaban J connectivity index is 1.90. The lowest BCUT2D eigenvalue weighted by atomic mass is 10.1. The van der Waals surface area contributed by atoms with Crippen LogP contribution in [0.1, 0.15) is 49.3 Å². The summed E-state index contributed by atoms with van der Waals surface area (Å²) < 4.78 is 30.4. The lowest BCUT2D eigenvalue weighted by molar-refractivity contribution is -0.116. The van der Waals surface area contributed by atoms with E-state index in [-0.39, 0.29) is 16.8 Å². The predicted octanol–water partition coefficient (Wildman–Crippen LogP) is 2.37. The summed E-state index contributed by atoms with van der Waals surface area (Å²) in [6.45, 7) is 9.11. The number of fused-ring (bicyclic) bond motifs is 1. The predicted molar refractivity (Wildman–Crippen MR) is 104 cm³/mol. The van der Waals surface area contributed by atoms with E-state index in [1.807, 2.05) is 34.7 Å². The number of hydrogen-bond acceptors (Lipinski definition) is 4. The van der Waals surface area contributed by atoms with Gasteiger partial charge in [0, 0.05) is 43.0 Å². The molecule has 0 saturated heterocycles. The second kappa shape index (κ2) is 6.76. The van der Waals surface area contributed by atoms with Crippen LogP contribution in [0.4, 0.5) is 5.69 Å². The highest BCUT2D eigenvalue weighted by Crippen LogP contribution is 2.34. The highest BCUT2D eigenvalue weighted by atomic mass is 32.2. The van der Waals surface area contributed by atoms with Crippen molar-refractivity contribution in [2.45, 2.75) is 58.0 Å². The van der Waals surface area contributed by atoms with Crippen LogP contribution < -0.4 is 9.62 Å². The number of anilines is 1. The van der Waals surface area contributed by atoms with Crippen LogP contribution in [0.2, 0.25) is 0 Å². The van der Waals surface area contributed by atoms with Crippen molar-refractivity contribution in [3.8, 4) is 0 Å². The molecule has 0 fully saturated rings. The van der Waals surface area contributed by atoms with Gasteiger partial charge in [0.2, 0.25) is 15.9 Å². The van der Waals surface area contributed by atoms with Gasteiger partial charge in [-0.15, -0.1) is 0 Å². The molecule has 1 aromatic carbocycles. The number of nitrogens with zero attached hydrogens (tertiary/aromatic N) is 3. The van der Waals surface area contributed by atoms with Crippen molar-refractivity contribution >= 4 is 21.6 Å². The van der Waals surface area contributed by atoms with Crippen molar-refractivity contribution in [3.63, 3.8) is 0 Å². The molecule has 27 heavy (non-hydrogen) atoms. The van der Waals surface area contributed by atoms with E-state index in [0.717, 1.165) is 28.2 Å². The third kappa shape index (κ3) is 3.39. The molecule has 1 amide bonds. The van der Waals surface area contributed by atoms with E-state index in [9.17, 15) is 13.2 Å². The number of nitrogens with one attached hydrogen (secondary N) is 1. The number of rotatable bonds is 4. The van der Waals surface area contributed by atoms with Gasteiger partial charge in [-0.25, -0.2) is 13.1 Å². The van der Waals surface area contributed by atoms with Crippen molar-refractivity contribution in [2.24, 2.45) is 7.05 Å². The number of aromatic nitrogens is 2. The molecule has 146 valence electrons. The van der Waals surface area contributed by atoms with Crippen LogP contribution in [0.3, 0.4) is 0 Å². The maximum Gasteiger partial charge on any atom is 0.241 e. The molecule has 0 spiro atoms. The number of carbonyl (C=O) groups is 1. The Morgan fingerprint density at radius 1 is 1.33 bits per heavy atom. The van der Waals surface area contributed by atoms with Crippen molar-refractivity contribution in [3.05, 3.63) is 40.7 Å². The number of aryl methyl sites for hydroxylation is 2. The summed E-state index contributed by atoms with van der Waals surface area (Å²) in [5.74, 6) is -0.0360. The quantitative estimate of drug-likeness (QED) is 0.869. The minimum absolute atomic E-state index is 0.0306. The summed E-state index contributed by atoms with van der Waals surface area (Å²) in [6, 6.07) is 4.59. The Hall–Kier alpha value is -2.19. The number of sulfonamides is 1. The molecule has 8 heteroatoms. The minimum atomic E-state index is -3.70. The average Bonchev–Trinajstić information content (AvgIpc) is 3.01. The molecule has 0 saturated carbocycles. The van der Waals surface area contributed by atoms with Gasteiger partial charge in [0.15, 0.2) is 0 Å². The molecule has 1 N–H and O–H groups in total. The zero-order valence-corrected chi connectivity index (χ0v) is 17.4. The molecule has 1 aliphatic heterocycles. The third-order valence-corrected chi connectivity index (χ3v) is 6.78. The lowest BCUT2D eigenvalue weighted by Gasteiger charge is -2.20. The van der Waals surface area contributed by atoms with Gasteiger partial charge in [0.05, 0.1) is 10.6 Å². The molecular formula is C19H26N4O3S. The molecule has 3 rings (SSSR count). The van der Waals surface area contributed by atoms with Crippen molar-refractivity contribution in [1.29, 1.82) is 0 Å². The minimum Gasteiger partial charge on any atom is -0.309 e. The summed E-state index contributed by atoms with van der Waals surface area (Å²) in [6.07, 6.45) is 0.647. The number of benzene rings is 1. The number of amides is 1. The zero-order chi connectivity index (χ0) is 20.1. The van der Waals surface area contributed by atoms with Crippen LogP contribution in [0.15, 0.2) is 23.1 Å². The Morgan fingerprint density at radius 2 is 2.00 bits per heavy atom. The lowest BCUT2D eigenvalue weighted by Crippen LogP contribution is -2.33. The largest absolute Gasteiger partial charge is 0.309 e. The molecule has 0 unspecified atom stereocenters. The fourth-order valence-corrected chi connectivity index (χ4v) is 5.29. The highest BCUT2D eigenvalue weighted by Gasteiger charge is 2.31. The Labute approximate surface area is 160 Å². The van der Waals surface area contributed by atoms with Gasteiger partial charge in [-0.2, -0.15) is 5.10 Å². The Kier molecular flexibility index (Phi) is 4.90. The van der Waals surface area contributed by atoms with E-state index in [1.54, 1.807) is 27.8 Å². The van der Waals surface area contributed by atoms with E-state index in [4.69, 9.17) is 0 Å². The van der Waals surface area contributed by atoms with Crippen LogP contribution in [0, 0.1) is 13.8 Å². The van der Waals surface area contributed by atoms with Crippen LogP contribution in [0.25, 0.3) is 0 Å². The normalized spacial score (nSPS) is 17.9. The maximum atomic E-state index is 12.9. The molecular weight excluding hydrogens is 364 g/mol. The SMILES string of the molecule is CC(=O)N1c2ccc(S(=O)(=O)N[C@H](C)c3c(C)nn(C)c3C)cc2C[C@@H]1C. The maximum absolute atomic E-state index is 12.9. The molecule has 2 atom stereocenters. The second-order valence-corrected chi connectivity index (χ2v) is 9.00. The van der Waals surface area contributed by atoms with E-state index < -0.39 is 16.1 Å². The second-order valence-electron chi connectivity index (χ2n) is 7.28. The fraction of sp³-hybridized carbons (Fsp3) is 0.474. The fourth-order valence-electron chi connectivity index (χ4n) is 4.03.